The van der Waals surface area contributed by atoms with Gasteiger partial charge in [-0.1, -0.05) is 20.3 Å². The SMILES string of the molecule is Cc1oc(CNC(C)C)cc1CN(C)C1CCC1. The van der Waals surface area contributed by atoms with Crippen molar-refractivity contribution < 1.29 is 4.42 Å². The predicted molar refractivity (Wildman–Crippen MR) is 74.5 cm³/mol. The standard InChI is InChI=1S/C15H26N2O/c1-11(2)16-9-15-8-13(12(3)18-15)10-17(4)14-6-5-7-14/h8,11,14,16H,5-7,9-10H2,1-4H3. The van der Waals surface area contributed by atoms with E-state index in [2.05, 4.69) is 44.1 Å². The summed E-state index contributed by atoms with van der Waals surface area (Å²) in [5.41, 5.74) is 1.34. The fraction of sp³-hybridized carbons (Fsp3) is 0.733. The van der Waals surface area contributed by atoms with Crippen molar-refractivity contribution in [3.05, 3.63) is 23.2 Å². The van der Waals surface area contributed by atoms with Crippen LogP contribution >= 0.6 is 0 Å². The zero-order chi connectivity index (χ0) is 13.1. The third-order valence-electron chi connectivity index (χ3n) is 3.87. The van der Waals surface area contributed by atoms with Gasteiger partial charge in [0.15, 0.2) is 0 Å². The van der Waals surface area contributed by atoms with Crippen LogP contribution in [0, 0.1) is 6.92 Å². The summed E-state index contributed by atoms with van der Waals surface area (Å²) in [5, 5.41) is 3.39. The summed E-state index contributed by atoms with van der Waals surface area (Å²) in [6.45, 7) is 8.22. The summed E-state index contributed by atoms with van der Waals surface area (Å²) >= 11 is 0. The van der Waals surface area contributed by atoms with Crippen LogP contribution in [0.4, 0.5) is 0 Å². The van der Waals surface area contributed by atoms with Gasteiger partial charge in [-0.15, -0.1) is 0 Å². The van der Waals surface area contributed by atoms with Gasteiger partial charge in [-0.3, -0.25) is 4.90 Å². The molecule has 1 aromatic rings. The van der Waals surface area contributed by atoms with Crippen molar-refractivity contribution in [3.8, 4) is 0 Å². The highest BCUT2D eigenvalue weighted by Gasteiger charge is 2.22. The van der Waals surface area contributed by atoms with E-state index in [-0.39, 0.29) is 0 Å². The molecule has 1 fully saturated rings. The van der Waals surface area contributed by atoms with Gasteiger partial charge in [-0.05, 0) is 32.9 Å². The first-order valence-corrected chi connectivity index (χ1v) is 7.08. The van der Waals surface area contributed by atoms with Gasteiger partial charge in [0.1, 0.15) is 11.5 Å². The zero-order valence-corrected chi connectivity index (χ0v) is 12.1. The lowest BCUT2D eigenvalue weighted by Gasteiger charge is -2.34. The second-order valence-corrected chi connectivity index (χ2v) is 5.83. The van der Waals surface area contributed by atoms with Crippen LogP contribution in [0.15, 0.2) is 10.5 Å². The number of nitrogens with zero attached hydrogens (tertiary/aromatic N) is 1. The summed E-state index contributed by atoms with van der Waals surface area (Å²) < 4.78 is 5.81. The van der Waals surface area contributed by atoms with Crippen molar-refractivity contribution in [2.45, 2.75) is 65.2 Å². The Hall–Kier alpha value is -0.800. The van der Waals surface area contributed by atoms with E-state index >= 15 is 0 Å². The van der Waals surface area contributed by atoms with Crippen LogP contribution in [0.1, 0.15) is 50.2 Å². The van der Waals surface area contributed by atoms with E-state index in [0.717, 1.165) is 30.7 Å². The molecule has 0 spiro atoms. The first-order chi connectivity index (χ1) is 8.56. The molecule has 1 saturated carbocycles. The topological polar surface area (TPSA) is 28.4 Å². The largest absolute Gasteiger partial charge is 0.465 e. The normalized spacial score (nSPS) is 16.6. The van der Waals surface area contributed by atoms with Gasteiger partial charge in [-0.25, -0.2) is 0 Å². The molecule has 1 aliphatic rings. The van der Waals surface area contributed by atoms with E-state index in [1.165, 1.54) is 24.8 Å². The average molecular weight is 250 g/mol. The van der Waals surface area contributed by atoms with Crippen molar-refractivity contribution >= 4 is 0 Å². The number of hydrogen-bond donors (Lipinski definition) is 1. The summed E-state index contributed by atoms with van der Waals surface area (Å²) in [7, 11) is 2.22. The van der Waals surface area contributed by atoms with Crippen molar-refractivity contribution in [2.24, 2.45) is 0 Å². The maximum atomic E-state index is 5.81. The van der Waals surface area contributed by atoms with Gasteiger partial charge in [0.25, 0.3) is 0 Å². The fourth-order valence-electron chi connectivity index (χ4n) is 2.36. The van der Waals surface area contributed by atoms with Gasteiger partial charge >= 0.3 is 0 Å². The van der Waals surface area contributed by atoms with E-state index in [9.17, 15) is 0 Å². The second kappa shape index (κ2) is 5.89. The Morgan fingerprint density at radius 2 is 2.17 bits per heavy atom. The van der Waals surface area contributed by atoms with Crippen molar-refractivity contribution in [1.82, 2.24) is 10.2 Å². The molecule has 0 radical (unpaired) electrons. The molecular weight excluding hydrogens is 224 g/mol. The monoisotopic (exact) mass is 250 g/mol. The molecular formula is C15H26N2O. The minimum absolute atomic E-state index is 0.497. The fourth-order valence-corrected chi connectivity index (χ4v) is 2.36. The van der Waals surface area contributed by atoms with Crippen LogP contribution in [0.5, 0.6) is 0 Å². The lowest BCUT2D eigenvalue weighted by Crippen LogP contribution is -2.36. The smallest absolute Gasteiger partial charge is 0.118 e. The molecule has 18 heavy (non-hydrogen) atoms. The summed E-state index contributed by atoms with van der Waals surface area (Å²) in [6, 6.07) is 3.49. The minimum atomic E-state index is 0.497. The molecule has 1 N–H and O–H groups in total. The van der Waals surface area contributed by atoms with E-state index in [1.54, 1.807) is 0 Å². The molecule has 0 amide bonds. The van der Waals surface area contributed by atoms with Crippen LogP contribution in [-0.2, 0) is 13.1 Å². The maximum absolute atomic E-state index is 5.81. The molecule has 0 atom stereocenters. The Bertz CT molecular complexity index is 380. The first-order valence-electron chi connectivity index (χ1n) is 7.08. The zero-order valence-electron chi connectivity index (χ0n) is 12.1. The third-order valence-corrected chi connectivity index (χ3v) is 3.87. The van der Waals surface area contributed by atoms with Crippen molar-refractivity contribution in [3.63, 3.8) is 0 Å². The molecule has 102 valence electrons. The van der Waals surface area contributed by atoms with E-state index in [0.29, 0.717) is 6.04 Å². The van der Waals surface area contributed by atoms with Gasteiger partial charge < -0.3 is 9.73 Å². The van der Waals surface area contributed by atoms with Gasteiger partial charge in [-0.2, -0.15) is 0 Å². The Morgan fingerprint density at radius 1 is 1.44 bits per heavy atom. The van der Waals surface area contributed by atoms with Crippen molar-refractivity contribution in [1.29, 1.82) is 0 Å². The first kappa shape index (κ1) is 13.6. The third kappa shape index (κ3) is 3.36. The minimum Gasteiger partial charge on any atom is -0.465 e. The van der Waals surface area contributed by atoms with Crippen LogP contribution < -0.4 is 5.32 Å². The maximum Gasteiger partial charge on any atom is 0.118 e. The van der Waals surface area contributed by atoms with Crippen LogP contribution in [-0.4, -0.2) is 24.0 Å². The summed E-state index contributed by atoms with van der Waals surface area (Å²) in [4.78, 5) is 2.46. The highest BCUT2D eigenvalue weighted by molar-refractivity contribution is 5.21. The number of hydrogen-bond acceptors (Lipinski definition) is 3. The Balaban J connectivity index is 1.91. The number of nitrogens with one attached hydrogen (secondary N) is 1. The molecule has 0 aliphatic heterocycles. The van der Waals surface area contributed by atoms with Crippen LogP contribution in [0.25, 0.3) is 0 Å². The Kier molecular flexibility index (Phi) is 4.46. The average Bonchev–Trinajstić information content (AvgIpc) is 2.54. The predicted octanol–water partition coefficient (Wildman–Crippen LogP) is 3.07. The van der Waals surface area contributed by atoms with Gasteiger partial charge in [0.05, 0.1) is 6.54 Å². The molecule has 0 saturated heterocycles. The molecule has 0 aromatic carbocycles. The van der Waals surface area contributed by atoms with Crippen LogP contribution in [0.3, 0.4) is 0 Å². The van der Waals surface area contributed by atoms with E-state index in [1.807, 2.05) is 0 Å². The molecule has 2 rings (SSSR count). The lowest BCUT2D eigenvalue weighted by molar-refractivity contribution is 0.152. The van der Waals surface area contributed by atoms with Crippen molar-refractivity contribution in [2.75, 3.05) is 7.05 Å². The summed E-state index contributed by atoms with van der Waals surface area (Å²) in [6.07, 6.45) is 4.10. The quantitative estimate of drug-likeness (QED) is 0.841. The lowest BCUT2D eigenvalue weighted by atomic mass is 9.91. The summed E-state index contributed by atoms with van der Waals surface area (Å²) in [5.74, 6) is 2.12. The van der Waals surface area contributed by atoms with Crippen LogP contribution in [0.2, 0.25) is 0 Å². The van der Waals surface area contributed by atoms with Gasteiger partial charge in [0, 0.05) is 24.2 Å². The molecule has 1 heterocycles. The molecule has 1 aliphatic carbocycles. The number of aryl methyl sites for hydroxylation is 1. The number of furan rings is 1. The molecule has 0 unspecified atom stereocenters. The Labute approximate surface area is 111 Å². The van der Waals surface area contributed by atoms with Gasteiger partial charge in [0.2, 0.25) is 0 Å². The van der Waals surface area contributed by atoms with E-state index < -0.39 is 0 Å². The Morgan fingerprint density at radius 3 is 2.72 bits per heavy atom. The highest BCUT2D eigenvalue weighted by atomic mass is 16.3. The second-order valence-electron chi connectivity index (χ2n) is 5.83. The molecule has 3 heteroatoms. The molecule has 3 nitrogen and oxygen atoms in total. The van der Waals surface area contributed by atoms with E-state index in [4.69, 9.17) is 4.42 Å². The number of rotatable bonds is 6. The molecule has 0 bridgehead atoms. The highest BCUT2D eigenvalue weighted by Crippen LogP contribution is 2.26. The molecule has 1 aromatic heterocycles.